The Morgan fingerprint density at radius 1 is 1.05 bits per heavy atom. The van der Waals surface area contributed by atoms with Gasteiger partial charge in [-0.2, -0.15) is 0 Å². The lowest BCUT2D eigenvalue weighted by Gasteiger charge is -2.24. The van der Waals surface area contributed by atoms with E-state index in [-0.39, 0.29) is 17.5 Å². The Bertz CT molecular complexity index is 1490. The van der Waals surface area contributed by atoms with Gasteiger partial charge in [0.1, 0.15) is 11.9 Å². The molecular weight excluding hydrogens is 507 g/mol. The summed E-state index contributed by atoms with van der Waals surface area (Å²) in [7, 11) is -3.47. The highest BCUT2D eigenvalue weighted by Gasteiger charge is 2.35. The van der Waals surface area contributed by atoms with Gasteiger partial charge in [0.25, 0.3) is 0 Å². The average molecular weight is 539 g/mol. The molecule has 1 saturated heterocycles. The zero-order chi connectivity index (χ0) is 27.6. The number of hydrogen-bond acceptors (Lipinski definition) is 4. The number of aryl methyl sites for hydroxylation is 1. The van der Waals surface area contributed by atoms with Crippen molar-refractivity contribution in [2.24, 2.45) is 0 Å². The molecule has 1 aliphatic heterocycles. The van der Waals surface area contributed by atoms with E-state index in [1.807, 2.05) is 44.2 Å². The lowest BCUT2D eigenvalue weighted by molar-refractivity contribution is -0.118. The molecule has 3 N–H and O–H groups in total. The van der Waals surface area contributed by atoms with Crippen molar-refractivity contribution >= 4 is 39.0 Å². The number of carbonyl (C=O) groups is 2. The van der Waals surface area contributed by atoms with Gasteiger partial charge < -0.3 is 15.5 Å². The molecule has 0 unspecified atom stereocenters. The van der Waals surface area contributed by atoms with Crippen LogP contribution < -0.4 is 20.3 Å². The molecule has 3 amide bonds. The third-order valence-corrected chi connectivity index (χ3v) is 6.95. The maximum absolute atomic E-state index is 14.1. The maximum atomic E-state index is 14.1. The molecule has 4 rings (SSSR count). The summed E-state index contributed by atoms with van der Waals surface area (Å²) >= 11 is 0. The highest BCUT2D eigenvalue weighted by molar-refractivity contribution is 7.92. The topological polar surface area (TPSA) is 108 Å². The van der Waals surface area contributed by atoms with Gasteiger partial charge in [-0.05, 0) is 66.3 Å². The second kappa shape index (κ2) is 10.8. The largest absolute Gasteiger partial charge is 0.326 e. The van der Waals surface area contributed by atoms with Crippen LogP contribution in [-0.4, -0.2) is 39.2 Å². The number of halogens is 1. The van der Waals surface area contributed by atoms with Crippen molar-refractivity contribution in [3.63, 3.8) is 0 Å². The number of anilines is 3. The summed E-state index contributed by atoms with van der Waals surface area (Å²) in [6, 6.07) is 15.9. The van der Waals surface area contributed by atoms with Crippen molar-refractivity contribution in [2.45, 2.75) is 39.2 Å². The van der Waals surface area contributed by atoms with E-state index in [0.29, 0.717) is 18.7 Å². The van der Waals surface area contributed by atoms with E-state index in [1.165, 1.54) is 12.1 Å². The van der Waals surface area contributed by atoms with Crippen LogP contribution in [0.2, 0.25) is 0 Å². The molecular formula is C28H31FN4O4S. The minimum absolute atomic E-state index is 0.0405. The van der Waals surface area contributed by atoms with Crippen LogP contribution in [0.15, 0.2) is 60.7 Å². The van der Waals surface area contributed by atoms with Crippen molar-refractivity contribution in [1.29, 1.82) is 0 Å². The first-order valence-corrected chi connectivity index (χ1v) is 14.2. The molecule has 1 fully saturated rings. The van der Waals surface area contributed by atoms with Gasteiger partial charge in [-0.15, -0.1) is 0 Å². The predicted octanol–water partition coefficient (Wildman–Crippen LogP) is 5.22. The first-order chi connectivity index (χ1) is 17.9. The standard InChI is InChI=1S/C28H31FN4O4S/c1-17(2)21-16-19(20-7-5-6-8-23(20)32-38(4,36)37)10-12-26(21)33-14-13-25(27(33)34)31-28(35)30-24-11-9-18(3)15-22(24)29/h5-12,15-17,25,32H,13-14H2,1-4H3,(H2,30,31,35)/t25-/m1/s1. The van der Waals surface area contributed by atoms with Gasteiger partial charge in [0.2, 0.25) is 15.9 Å². The summed E-state index contributed by atoms with van der Waals surface area (Å²) in [5, 5.41) is 5.13. The van der Waals surface area contributed by atoms with Crippen LogP contribution in [0.5, 0.6) is 0 Å². The van der Waals surface area contributed by atoms with Crippen LogP contribution in [-0.2, 0) is 14.8 Å². The van der Waals surface area contributed by atoms with Crippen LogP contribution in [0, 0.1) is 12.7 Å². The molecule has 10 heteroatoms. The molecule has 1 heterocycles. The Balaban J connectivity index is 1.55. The number of nitrogens with one attached hydrogen (secondary N) is 3. The fourth-order valence-corrected chi connectivity index (χ4v) is 5.12. The van der Waals surface area contributed by atoms with Gasteiger partial charge in [-0.1, -0.05) is 44.2 Å². The van der Waals surface area contributed by atoms with Crippen molar-refractivity contribution in [2.75, 3.05) is 27.7 Å². The third kappa shape index (κ3) is 6.13. The Kier molecular flexibility index (Phi) is 7.73. The molecule has 0 aromatic heterocycles. The predicted molar refractivity (Wildman–Crippen MR) is 148 cm³/mol. The number of benzene rings is 3. The highest BCUT2D eigenvalue weighted by Crippen LogP contribution is 2.36. The van der Waals surface area contributed by atoms with E-state index in [0.717, 1.165) is 34.2 Å². The molecule has 38 heavy (non-hydrogen) atoms. The molecule has 0 bridgehead atoms. The van der Waals surface area contributed by atoms with Gasteiger partial charge >= 0.3 is 6.03 Å². The molecule has 200 valence electrons. The second-order valence-electron chi connectivity index (χ2n) is 9.76. The van der Waals surface area contributed by atoms with Gasteiger partial charge in [0, 0.05) is 17.8 Å². The van der Waals surface area contributed by atoms with Crippen molar-refractivity contribution < 1.29 is 22.4 Å². The fourth-order valence-electron chi connectivity index (χ4n) is 4.55. The number of amides is 3. The van der Waals surface area contributed by atoms with Crippen molar-refractivity contribution in [3.05, 3.63) is 77.6 Å². The van der Waals surface area contributed by atoms with E-state index in [4.69, 9.17) is 0 Å². The molecule has 1 atom stereocenters. The van der Waals surface area contributed by atoms with Crippen LogP contribution in [0.1, 0.15) is 37.3 Å². The molecule has 0 radical (unpaired) electrons. The Morgan fingerprint density at radius 2 is 1.79 bits per heavy atom. The van der Waals surface area contributed by atoms with Crippen molar-refractivity contribution in [1.82, 2.24) is 5.32 Å². The summed E-state index contributed by atoms with van der Waals surface area (Å²) < 4.78 is 40.4. The van der Waals surface area contributed by atoms with E-state index in [1.54, 1.807) is 30.0 Å². The lowest BCUT2D eigenvalue weighted by atomic mass is 9.94. The molecule has 3 aromatic rings. The molecule has 0 saturated carbocycles. The number of sulfonamides is 1. The Hall–Kier alpha value is -3.92. The summed E-state index contributed by atoms with van der Waals surface area (Å²) in [6.07, 6.45) is 1.51. The Labute approximate surface area is 222 Å². The monoisotopic (exact) mass is 538 g/mol. The summed E-state index contributed by atoms with van der Waals surface area (Å²) in [5.74, 6) is -0.736. The first-order valence-electron chi connectivity index (χ1n) is 12.3. The number of nitrogens with zero attached hydrogens (tertiary/aromatic N) is 1. The van der Waals surface area contributed by atoms with Gasteiger partial charge in [0.15, 0.2) is 0 Å². The quantitative estimate of drug-likeness (QED) is 0.383. The third-order valence-electron chi connectivity index (χ3n) is 6.36. The van der Waals surface area contributed by atoms with E-state index in [9.17, 15) is 22.4 Å². The maximum Gasteiger partial charge on any atom is 0.319 e. The van der Waals surface area contributed by atoms with Crippen molar-refractivity contribution in [3.8, 4) is 11.1 Å². The normalized spacial score (nSPS) is 15.6. The summed E-state index contributed by atoms with van der Waals surface area (Å²) in [6.45, 7) is 6.20. The lowest BCUT2D eigenvalue weighted by Crippen LogP contribution is -2.43. The van der Waals surface area contributed by atoms with E-state index < -0.39 is 27.9 Å². The first kappa shape index (κ1) is 27.1. The molecule has 0 aliphatic carbocycles. The molecule has 3 aromatic carbocycles. The van der Waals surface area contributed by atoms with Crippen LogP contribution in [0.25, 0.3) is 11.1 Å². The summed E-state index contributed by atoms with van der Waals surface area (Å²) in [4.78, 5) is 27.4. The zero-order valence-corrected chi connectivity index (χ0v) is 22.5. The zero-order valence-electron chi connectivity index (χ0n) is 21.7. The molecule has 0 spiro atoms. The number of rotatable bonds is 7. The smallest absolute Gasteiger partial charge is 0.319 e. The fraction of sp³-hybridized carbons (Fsp3) is 0.286. The summed E-state index contributed by atoms with van der Waals surface area (Å²) in [5.41, 5.74) is 4.42. The van der Waals surface area contributed by atoms with Crippen LogP contribution in [0.3, 0.4) is 0 Å². The van der Waals surface area contributed by atoms with E-state index in [2.05, 4.69) is 15.4 Å². The van der Waals surface area contributed by atoms with Crippen LogP contribution in [0.4, 0.5) is 26.2 Å². The second-order valence-corrected chi connectivity index (χ2v) is 11.5. The number of urea groups is 1. The van der Waals surface area contributed by atoms with Crippen LogP contribution >= 0.6 is 0 Å². The Morgan fingerprint density at radius 3 is 2.47 bits per heavy atom. The molecule has 8 nitrogen and oxygen atoms in total. The van der Waals surface area contributed by atoms with E-state index >= 15 is 0 Å². The van der Waals surface area contributed by atoms with Gasteiger partial charge in [-0.3, -0.25) is 9.52 Å². The molecule has 1 aliphatic rings. The minimum Gasteiger partial charge on any atom is -0.326 e. The minimum atomic E-state index is -3.47. The highest BCUT2D eigenvalue weighted by atomic mass is 32.2. The number of hydrogen-bond donors (Lipinski definition) is 3. The number of para-hydroxylation sites is 1. The SMILES string of the molecule is Cc1ccc(NC(=O)N[C@@H]2CCN(c3ccc(-c4ccccc4NS(C)(=O)=O)cc3C(C)C)C2=O)c(F)c1. The van der Waals surface area contributed by atoms with Gasteiger partial charge in [-0.25, -0.2) is 17.6 Å². The van der Waals surface area contributed by atoms with Gasteiger partial charge in [0.05, 0.1) is 17.6 Å². The number of carbonyl (C=O) groups excluding carboxylic acids is 2. The average Bonchev–Trinajstić information content (AvgIpc) is 3.19.